The van der Waals surface area contributed by atoms with Crippen LogP contribution in [-0.2, 0) is 9.53 Å². The average Bonchev–Trinajstić information content (AvgIpc) is 1.67. The van der Waals surface area contributed by atoms with E-state index in [1.807, 2.05) is 0 Å². The summed E-state index contributed by atoms with van der Waals surface area (Å²) in [5.74, 6) is 0.499. The summed E-state index contributed by atoms with van der Waals surface area (Å²) in [5.41, 5.74) is 0. The zero-order valence-electron chi connectivity index (χ0n) is 6.52. The molecule has 48 valence electrons. The second-order valence-corrected chi connectivity index (χ2v) is 1.72. The Kier molecular flexibility index (Phi) is 8.66. The molecule has 0 atom stereocenters. The molecule has 9 heavy (non-hydrogen) atoms. The fourth-order valence-electron chi connectivity index (χ4n) is 0.275. The fraction of sp³-hybridized carbons (Fsp3) is 0.667. The first-order chi connectivity index (χ1) is 3.68. The molecule has 0 saturated heterocycles. The third-order valence-electron chi connectivity index (χ3n) is 0.684. The van der Waals surface area contributed by atoms with E-state index in [9.17, 15) is 4.79 Å². The van der Waals surface area contributed by atoms with Crippen LogP contribution in [0, 0.1) is 5.92 Å². The van der Waals surface area contributed by atoms with E-state index in [1.165, 1.54) is 0 Å². The third kappa shape index (κ3) is 6.22. The molecule has 0 aliphatic carbocycles. The van der Waals surface area contributed by atoms with Crippen molar-refractivity contribution in [3.63, 3.8) is 0 Å². The van der Waals surface area contributed by atoms with Crippen molar-refractivity contribution in [3.05, 3.63) is 5.92 Å². The molecule has 0 aromatic rings. The Morgan fingerprint density at radius 2 is 2.00 bits per heavy atom. The van der Waals surface area contributed by atoms with Gasteiger partial charge in [0.05, 0.1) is 6.61 Å². The van der Waals surface area contributed by atoms with Gasteiger partial charge in [0.25, 0.3) is 0 Å². The van der Waals surface area contributed by atoms with Gasteiger partial charge in [0.1, 0.15) is 0 Å². The van der Waals surface area contributed by atoms with Crippen LogP contribution in [0.3, 0.4) is 0 Å². The fourth-order valence-corrected chi connectivity index (χ4v) is 0.275. The normalized spacial score (nSPS) is 7.44. The van der Waals surface area contributed by atoms with Gasteiger partial charge in [0.2, 0.25) is 0 Å². The van der Waals surface area contributed by atoms with Crippen LogP contribution in [0.15, 0.2) is 0 Å². The third-order valence-corrected chi connectivity index (χ3v) is 0.684. The summed E-state index contributed by atoms with van der Waals surface area (Å²) < 4.78 is 4.63. The zero-order valence-corrected chi connectivity index (χ0v) is 8.52. The molecule has 0 aliphatic heterocycles. The first kappa shape index (κ1) is 12.1. The van der Waals surface area contributed by atoms with E-state index in [4.69, 9.17) is 0 Å². The van der Waals surface area contributed by atoms with Crippen molar-refractivity contribution in [2.75, 3.05) is 6.61 Å². The van der Waals surface area contributed by atoms with E-state index < -0.39 is 0 Å². The molecule has 0 heterocycles. The molecule has 0 fully saturated rings. The maximum atomic E-state index is 10.5. The number of carbonyl (C=O) groups is 1. The van der Waals surface area contributed by atoms with E-state index >= 15 is 0 Å². The molecule has 0 rings (SSSR count). The maximum Gasteiger partial charge on any atom is 1.00 e. The molecule has 0 aromatic carbocycles. The van der Waals surface area contributed by atoms with E-state index in [0.717, 1.165) is 0 Å². The van der Waals surface area contributed by atoms with Gasteiger partial charge in [0, 0.05) is 0 Å². The molecule has 0 aromatic heterocycles. The van der Waals surface area contributed by atoms with Crippen LogP contribution >= 0.6 is 0 Å². The number of esters is 1. The maximum absolute atomic E-state index is 10.5. The van der Waals surface area contributed by atoms with Gasteiger partial charge >= 0.3 is 29.6 Å². The Balaban J connectivity index is 0. The minimum absolute atomic E-state index is 0. The van der Waals surface area contributed by atoms with Crippen molar-refractivity contribution in [3.8, 4) is 0 Å². The van der Waals surface area contributed by atoms with Crippen LogP contribution < -0.4 is 29.6 Å². The van der Waals surface area contributed by atoms with Gasteiger partial charge < -0.3 is 4.74 Å². The minimum atomic E-state index is -0.201. The van der Waals surface area contributed by atoms with Crippen LogP contribution in [0.1, 0.15) is 20.8 Å². The number of hydrogen-bond acceptors (Lipinski definition) is 2. The van der Waals surface area contributed by atoms with Crippen molar-refractivity contribution in [2.45, 2.75) is 20.8 Å². The number of carbonyl (C=O) groups excluding carboxylic acids is 1. The monoisotopic (exact) mass is 138 g/mol. The van der Waals surface area contributed by atoms with Gasteiger partial charge in [-0.2, -0.15) is 13.8 Å². The van der Waals surface area contributed by atoms with Crippen molar-refractivity contribution >= 4 is 5.97 Å². The topological polar surface area (TPSA) is 26.3 Å². The summed E-state index contributed by atoms with van der Waals surface area (Å²) in [4.78, 5) is 10.5. The summed E-state index contributed by atoms with van der Waals surface area (Å²) in [6.07, 6.45) is 0. The average molecular weight is 138 g/mol. The molecule has 0 radical (unpaired) electrons. The molecule has 3 heteroatoms. The summed E-state index contributed by atoms with van der Waals surface area (Å²) in [6, 6.07) is 0. The Morgan fingerprint density at radius 3 is 2.11 bits per heavy atom. The van der Waals surface area contributed by atoms with Crippen LogP contribution in [0.2, 0.25) is 0 Å². The van der Waals surface area contributed by atoms with Gasteiger partial charge in [-0.15, -0.1) is 0 Å². The molecular formula is C6H11NaO2. The molecule has 0 saturated carbocycles. The van der Waals surface area contributed by atoms with Crippen LogP contribution in [0.25, 0.3) is 0 Å². The molecular weight excluding hydrogens is 127 g/mol. The predicted molar refractivity (Wildman–Crippen MR) is 31.2 cm³/mol. The summed E-state index contributed by atoms with van der Waals surface area (Å²) >= 11 is 0. The van der Waals surface area contributed by atoms with Crippen molar-refractivity contribution in [1.82, 2.24) is 0 Å². The molecule has 0 spiro atoms. The van der Waals surface area contributed by atoms with E-state index in [2.05, 4.69) is 4.74 Å². The largest absolute Gasteiger partial charge is 1.00 e. The number of rotatable bonds is 2. The summed E-state index contributed by atoms with van der Waals surface area (Å²) in [6.45, 7) is 5.72. The minimum Gasteiger partial charge on any atom is -0.488 e. The second kappa shape index (κ2) is 6.46. The Labute approximate surface area is 78.3 Å². The summed E-state index contributed by atoms with van der Waals surface area (Å²) in [7, 11) is 0. The van der Waals surface area contributed by atoms with Gasteiger partial charge in [-0.25, -0.2) is 0 Å². The zero-order chi connectivity index (χ0) is 6.57. The quantitative estimate of drug-likeness (QED) is 0.255. The van der Waals surface area contributed by atoms with Gasteiger partial charge in [0.15, 0.2) is 5.97 Å². The first-order valence-electron chi connectivity index (χ1n) is 2.65. The van der Waals surface area contributed by atoms with Gasteiger partial charge in [-0.05, 0) is 6.92 Å². The van der Waals surface area contributed by atoms with E-state index in [-0.39, 0.29) is 35.5 Å². The number of hydrogen-bond donors (Lipinski definition) is 0. The standard InChI is InChI=1S/C6H11O2.Na/c1-4-8-6(7)5(2)3;/h4H2,1-3H3;/q-1;+1. The van der Waals surface area contributed by atoms with Gasteiger partial charge in [-0.3, -0.25) is 10.7 Å². The van der Waals surface area contributed by atoms with E-state index in [1.54, 1.807) is 20.8 Å². The van der Waals surface area contributed by atoms with Crippen molar-refractivity contribution < 1.29 is 39.1 Å². The van der Waals surface area contributed by atoms with Crippen molar-refractivity contribution in [2.24, 2.45) is 0 Å². The smallest absolute Gasteiger partial charge is 0.488 e. The van der Waals surface area contributed by atoms with Crippen LogP contribution in [-0.4, -0.2) is 12.6 Å². The molecule has 0 N–H and O–H groups in total. The van der Waals surface area contributed by atoms with Crippen LogP contribution in [0.4, 0.5) is 0 Å². The number of ether oxygens (including phenoxy) is 1. The molecule has 2 nitrogen and oxygen atoms in total. The Morgan fingerprint density at radius 1 is 1.56 bits per heavy atom. The Hall–Kier alpha value is 0.340. The van der Waals surface area contributed by atoms with Gasteiger partial charge in [-0.1, -0.05) is 0 Å². The molecule has 0 amide bonds. The van der Waals surface area contributed by atoms with Crippen LogP contribution in [0.5, 0.6) is 0 Å². The summed E-state index contributed by atoms with van der Waals surface area (Å²) in [5, 5.41) is 0. The molecule has 0 bridgehead atoms. The Bertz CT molecular complexity index is 81.1. The molecule has 0 aliphatic rings. The predicted octanol–water partition coefficient (Wildman–Crippen LogP) is -1.83. The molecule has 0 unspecified atom stereocenters. The van der Waals surface area contributed by atoms with E-state index in [0.29, 0.717) is 12.5 Å². The van der Waals surface area contributed by atoms with Crippen molar-refractivity contribution in [1.29, 1.82) is 0 Å². The SMILES string of the molecule is CCOC(=O)[C-](C)C.[Na+]. The second-order valence-electron chi connectivity index (χ2n) is 1.72. The first-order valence-corrected chi connectivity index (χ1v) is 2.65.